The van der Waals surface area contributed by atoms with Gasteiger partial charge < -0.3 is 10.2 Å². The maximum absolute atomic E-state index is 13.9. The van der Waals surface area contributed by atoms with Gasteiger partial charge in [0.1, 0.15) is 16.8 Å². The first kappa shape index (κ1) is 23.8. The summed E-state index contributed by atoms with van der Waals surface area (Å²) in [5, 5.41) is 3.15. The Kier molecular flexibility index (Phi) is 9.14. The molecule has 1 unspecified atom stereocenters. The number of halogens is 2. The quantitative estimate of drug-likeness (QED) is 0.705. The van der Waals surface area contributed by atoms with Gasteiger partial charge in [-0.15, -0.1) is 12.4 Å². The average molecular weight is 422 g/mol. The summed E-state index contributed by atoms with van der Waals surface area (Å²) >= 11 is 0. The number of hydrogen-bond acceptors (Lipinski definition) is 4. The lowest BCUT2D eigenvalue weighted by atomic mass is 9.95. The van der Waals surface area contributed by atoms with Crippen LogP contribution in [0.5, 0.6) is 0 Å². The molecular weight excluding hydrogens is 393 g/mol. The van der Waals surface area contributed by atoms with Crippen LogP contribution in [-0.4, -0.2) is 51.9 Å². The molecule has 6 nitrogen and oxygen atoms in total. The lowest BCUT2D eigenvalue weighted by Gasteiger charge is -2.35. The zero-order valence-electron chi connectivity index (χ0n) is 15.9. The lowest BCUT2D eigenvalue weighted by molar-refractivity contribution is -0.135. The lowest BCUT2D eigenvalue weighted by Crippen LogP contribution is -2.53. The topological polar surface area (TPSA) is 78.5 Å². The van der Waals surface area contributed by atoms with Crippen molar-refractivity contribution in [3.63, 3.8) is 0 Å². The summed E-state index contributed by atoms with van der Waals surface area (Å²) in [6.07, 6.45) is 1.77. The molecule has 1 aliphatic rings. The third-order valence-electron chi connectivity index (χ3n) is 4.76. The van der Waals surface area contributed by atoms with E-state index in [1.54, 1.807) is 18.7 Å². The van der Waals surface area contributed by atoms with Crippen molar-refractivity contribution in [3.8, 4) is 0 Å². The largest absolute Gasteiger partial charge is 0.341 e. The zero-order chi connectivity index (χ0) is 19.3. The number of sulfonamides is 1. The maximum Gasteiger partial charge on any atom is 0.244 e. The van der Waals surface area contributed by atoms with Gasteiger partial charge in [0.05, 0.1) is 0 Å². The number of hydrogen-bond donors (Lipinski definition) is 2. The van der Waals surface area contributed by atoms with Crippen LogP contribution in [0.25, 0.3) is 0 Å². The number of amides is 1. The molecule has 0 bridgehead atoms. The number of nitrogens with zero attached hydrogens (tertiary/aromatic N) is 1. The Morgan fingerprint density at radius 2 is 1.85 bits per heavy atom. The summed E-state index contributed by atoms with van der Waals surface area (Å²) in [6.45, 7) is 5.68. The molecule has 1 atom stereocenters. The normalized spacial score (nSPS) is 16.9. The highest BCUT2D eigenvalue weighted by molar-refractivity contribution is 7.89. The van der Waals surface area contributed by atoms with E-state index in [1.165, 1.54) is 18.2 Å². The zero-order valence-corrected chi connectivity index (χ0v) is 17.6. The molecule has 0 radical (unpaired) electrons. The Labute approximate surface area is 167 Å². The fraction of sp³-hybridized carbons (Fsp3) is 0.611. The highest BCUT2D eigenvalue weighted by Crippen LogP contribution is 2.20. The van der Waals surface area contributed by atoms with Crippen molar-refractivity contribution >= 4 is 28.3 Å². The molecule has 0 aliphatic carbocycles. The number of rotatable bonds is 7. The fourth-order valence-corrected chi connectivity index (χ4v) is 4.62. The van der Waals surface area contributed by atoms with Crippen LogP contribution in [0.15, 0.2) is 29.2 Å². The first-order valence-corrected chi connectivity index (χ1v) is 10.4. The minimum Gasteiger partial charge on any atom is -0.341 e. The Morgan fingerprint density at radius 3 is 2.37 bits per heavy atom. The van der Waals surface area contributed by atoms with E-state index in [-0.39, 0.29) is 24.2 Å². The number of carbonyl (C=O) groups is 1. The van der Waals surface area contributed by atoms with E-state index in [1.807, 2.05) is 7.05 Å². The summed E-state index contributed by atoms with van der Waals surface area (Å²) in [7, 11) is -2.21. The molecule has 9 heteroatoms. The summed E-state index contributed by atoms with van der Waals surface area (Å²) in [4.78, 5) is 14.2. The number of nitrogens with one attached hydrogen (secondary N) is 2. The summed E-state index contributed by atoms with van der Waals surface area (Å²) in [5.74, 6) is -0.804. The van der Waals surface area contributed by atoms with E-state index in [9.17, 15) is 17.6 Å². The van der Waals surface area contributed by atoms with E-state index in [0.29, 0.717) is 19.0 Å². The Balaban J connectivity index is 0.00000364. The molecule has 1 aromatic carbocycles. The average Bonchev–Trinajstić information content (AvgIpc) is 2.60. The molecule has 154 valence electrons. The third kappa shape index (κ3) is 6.14. The van der Waals surface area contributed by atoms with Gasteiger partial charge in [0, 0.05) is 13.1 Å². The molecule has 0 aromatic heterocycles. The Morgan fingerprint density at radius 1 is 1.26 bits per heavy atom. The molecule has 1 aromatic rings. The van der Waals surface area contributed by atoms with Crippen LogP contribution in [0.3, 0.4) is 0 Å². The van der Waals surface area contributed by atoms with E-state index < -0.39 is 26.8 Å². The van der Waals surface area contributed by atoms with Crippen LogP contribution in [0, 0.1) is 17.7 Å². The van der Waals surface area contributed by atoms with Crippen LogP contribution >= 0.6 is 12.4 Å². The smallest absolute Gasteiger partial charge is 0.244 e. The van der Waals surface area contributed by atoms with Gasteiger partial charge in [0.15, 0.2) is 0 Å². The van der Waals surface area contributed by atoms with E-state index >= 15 is 0 Å². The van der Waals surface area contributed by atoms with Gasteiger partial charge in [0.25, 0.3) is 0 Å². The Bertz CT molecular complexity index is 722. The molecule has 0 spiro atoms. The van der Waals surface area contributed by atoms with Crippen molar-refractivity contribution in [2.45, 2.75) is 37.6 Å². The number of likely N-dealkylation sites (tertiary alicyclic amines) is 1. The Hall–Kier alpha value is -1.22. The first-order chi connectivity index (χ1) is 12.3. The molecular formula is C18H29ClFN3O3S. The van der Waals surface area contributed by atoms with Crippen molar-refractivity contribution in [2.75, 3.05) is 26.7 Å². The molecule has 2 rings (SSSR count). The number of piperidine rings is 1. The third-order valence-corrected chi connectivity index (χ3v) is 6.23. The highest BCUT2D eigenvalue weighted by atomic mass is 35.5. The second kappa shape index (κ2) is 10.4. The van der Waals surface area contributed by atoms with Crippen LogP contribution in [0.4, 0.5) is 4.39 Å². The predicted octanol–water partition coefficient (Wildman–Crippen LogP) is 2.01. The molecule has 1 fully saturated rings. The molecule has 2 N–H and O–H groups in total. The molecule has 1 aliphatic heterocycles. The molecule has 27 heavy (non-hydrogen) atoms. The van der Waals surface area contributed by atoms with Crippen molar-refractivity contribution in [1.82, 2.24) is 14.9 Å². The van der Waals surface area contributed by atoms with Gasteiger partial charge in [0.2, 0.25) is 15.9 Å². The highest BCUT2D eigenvalue weighted by Gasteiger charge is 2.34. The molecule has 1 saturated heterocycles. The summed E-state index contributed by atoms with van der Waals surface area (Å²) in [6, 6.07) is 4.25. The van der Waals surface area contributed by atoms with E-state index in [4.69, 9.17) is 0 Å². The van der Waals surface area contributed by atoms with Gasteiger partial charge in [-0.2, -0.15) is 4.72 Å². The second-order valence-electron chi connectivity index (χ2n) is 7.10. The van der Waals surface area contributed by atoms with Crippen LogP contribution < -0.4 is 10.0 Å². The van der Waals surface area contributed by atoms with E-state index in [0.717, 1.165) is 25.5 Å². The van der Waals surface area contributed by atoms with Gasteiger partial charge >= 0.3 is 0 Å². The fourth-order valence-electron chi connectivity index (χ4n) is 3.21. The van der Waals surface area contributed by atoms with Crippen LogP contribution in [-0.2, 0) is 14.8 Å². The first-order valence-electron chi connectivity index (χ1n) is 8.96. The number of carbonyl (C=O) groups excluding carboxylic acids is 1. The molecule has 1 amide bonds. The summed E-state index contributed by atoms with van der Waals surface area (Å²) in [5.41, 5.74) is 0. The monoisotopic (exact) mass is 421 g/mol. The van der Waals surface area contributed by atoms with Gasteiger partial charge in [-0.05, 0) is 50.4 Å². The van der Waals surface area contributed by atoms with Gasteiger partial charge in [-0.25, -0.2) is 12.8 Å². The summed E-state index contributed by atoms with van der Waals surface area (Å²) < 4.78 is 41.4. The standard InChI is InChI=1S/C18H28FN3O3S.ClH/c1-13(2)17(18(23)22-10-8-14(9-11-22)12-20-3)21-26(24,25)16-7-5-4-6-15(16)19;/h4-7,13-14,17,20-21H,8-12H2,1-3H3;1H. The van der Waals surface area contributed by atoms with E-state index in [2.05, 4.69) is 10.0 Å². The molecule has 0 saturated carbocycles. The maximum atomic E-state index is 13.9. The van der Waals surface area contributed by atoms with Crippen molar-refractivity contribution in [3.05, 3.63) is 30.1 Å². The van der Waals surface area contributed by atoms with Crippen molar-refractivity contribution in [1.29, 1.82) is 0 Å². The van der Waals surface area contributed by atoms with Gasteiger partial charge in [-0.3, -0.25) is 4.79 Å². The van der Waals surface area contributed by atoms with Crippen molar-refractivity contribution in [2.24, 2.45) is 11.8 Å². The van der Waals surface area contributed by atoms with Gasteiger partial charge in [-0.1, -0.05) is 26.0 Å². The minimum absolute atomic E-state index is 0. The minimum atomic E-state index is -4.12. The SMILES string of the molecule is CNCC1CCN(C(=O)C(NS(=O)(=O)c2ccccc2F)C(C)C)CC1.Cl. The van der Waals surface area contributed by atoms with Crippen LogP contribution in [0.2, 0.25) is 0 Å². The van der Waals surface area contributed by atoms with Crippen molar-refractivity contribution < 1.29 is 17.6 Å². The molecule has 1 heterocycles. The van der Waals surface area contributed by atoms with Crippen LogP contribution in [0.1, 0.15) is 26.7 Å². The predicted molar refractivity (Wildman–Crippen MR) is 106 cm³/mol. The second-order valence-corrected chi connectivity index (χ2v) is 8.78. The number of benzene rings is 1.